The highest BCUT2D eigenvalue weighted by molar-refractivity contribution is 7.98. The van der Waals surface area contributed by atoms with Gasteiger partial charge in [0.25, 0.3) is 5.56 Å². The number of rotatable bonds is 7. The standard InChI is InChI=1S/C25H22N4O3S2/c30-24-22-18-10-4-5-11-19(18)34-23(22)26-25(29(24)14-17-9-6-12-31-17)33-15-21-28-27-20(32-21)13-16-7-2-1-3-8-16/h1-3,6-9,12H,4-5,10-11,13-15H2. The second kappa shape index (κ2) is 9.23. The Morgan fingerprint density at radius 1 is 1.03 bits per heavy atom. The summed E-state index contributed by atoms with van der Waals surface area (Å²) in [5.41, 5.74) is 2.31. The van der Waals surface area contributed by atoms with Crippen LogP contribution in [0.1, 0.15) is 46.4 Å². The summed E-state index contributed by atoms with van der Waals surface area (Å²) in [5, 5.41) is 9.80. The number of nitrogens with zero attached hydrogens (tertiary/aromatic N) is 4. The molecule has 0 saturated carbocycles. The third-order valence-electron chi connectivity index (χ3n) is 5.97. The SMILES string of the molecule is O=c1c2c3c(sc2nc(SCc2nnc(Cc4ccccc4)o2)n1Cc1ccco1)CCCC3. The molecule has 4 heterocycles. The van der Waals surface area contributed by atoms with Gasteiger partial charge in [-0.25, -0.2) is 4.98 Å². The molecule has 1 aliphatic carbocycles. The van der Waals surface area contributed by atoms with Crippen LogP contribution in [-0.4, -0.2) is 19.7 Å². The predicted octanol–water partition coefficient (Wildman–Crippen LogP) is 5.24. The Morgan fingerprint density at radius 3 is 2.74 bits per heavy atom. The summed E-state index contributed by atoms with van der Waals surface area (Å²) in [6, 6.07) is 13.7. The lowest BCUT2D eigenvalue weighted by molar-refractivity contribution is 0.471. The Balaban J connectivity index is 1.31. The van der Waals surface area contributed by atoms with Gasteiger partial charge in [0.1, 0.15) is 10.6 Å². The average molecular weight is 491 g/mol. The van der Waals surface area contributed by atoms with Gasteiger partial charge in [-0.1, -0.05) is 42.1 Å². The zero-order valence-corrected chi connectivity index (χ0v) is 20.0. The van der Waals surface area contributed by atoms with Gasteiger partial charge >= 0.3 is 0 Å². The molecule has 34 heavy (non-hydrogen) atoms. The van der Waals surface area contributed by atoms with Gasteiger partial charge in [-0.3, -0.25) is 9.36 Å². The molecule has 6 rings (SSSR count). The van der Waals surface area contributed by atoms with E-state index in [-0.39, 0.29) is 5.56 Å². The number of hydrogen-bond donors (Lipinski definition) is 0. The number of thiophene rings is 1. The molecule has 0 spiro atoms. The third kappa shape index (κ3) is 4.21. The van der Waals surface area contributed by atoms with Gasteiger partial charge in [-0.2, -0.15) is 0 Å². The average Bonchev–Trinajstić information content (AvgIpc) is 3.60. The van der Waals surface area contributed by atoms with Crippen LogP contribution in [0.2, 0.25) is 0 Å². The number of hydrogen-bond acceptors (Lipinski definition) is 8. The molecule has 0 aliphatic heterocycles. The van der Waals surface area contributed by atoms with Crippen molar-refractivity contribution in [3.8, 4) is 0 Å². The van der Waals surface area contributed by atoms with E-state index >= 15 is 0 Å². The van der Waals surface area contributed by atoms with Gasteiger partial charge in [-0.05, 0) is 48.9 Å². The van der Waals surface area contributed by atoms with Crippen molar-refractivity contribution in [2.24, 2.45) is 0 Å². The molecule has 1 aliphatic rings. The lowest BCUT2D eigenvalue weighted by Gasteiger charge is -2.12. The molecule has 0 N–H and O–H groups in total. The molecule has 0 fully saturated rings. The van der Waals surface area contributed by atoms with Crippen LogP contribution in [0, 0.1) is 0 Å². The molecule has 0 atom stereocenters. The number of aryl methyl sites for hydroxylation is 2. The fourth-order valence-electron chi connectivity index (χ4n) is 4.34. The first-order valence-corrected chi connectivity index (χ1v) is 13.1. The number of fused-ring (bicyclic) bond motifs is 3. The summed E-state index contributed by atoms with van der Waals surface area (Å²) in [6.07, 6.45) is 6.49. The normalized spacial score (nSPS) is 13.4. The second-order valence-electron chi connectivity index (χ2n) is 8.30. The largest absolute Gasteiger partial charge is 0.467 e. The van der Waals surface area contributed by atoms with Crippen LogP contribution in [0.4, 0.5) is 0 Å². The zero-order chi connectivity index (χ0) is 22.9. The maximum atomic E-state index is 13.7. The Morgan fingerprint density at radius 2 is 1.88 bits per heavy atom. The predicted molar refractivity (Wildman–Crippen MR) is 131 cm³/mol. The summed E-state index contributed by atoms with van der Waals surface area (Å²) in [6.45, 7) is 0.338. The van der Waals surface area contributed by atoms with Crippen molar-refractivity contribution in [1.29, 1.82) is 0 Å². The Hall–Kier alpha value is -3.17. The van der Waals surface area contributed by atoms with Crippen molar-refractivity contribution in [2.45, 2.75) is 49.6 Å². The first-order chi connectivity index (χ1) is 16.7. The van der Waals surface area contributed by atoms with Crippen LogP contribution in [0.5, 0.6) is 0 Å². The summed E-state index contributed by atoms with van der Waals surface area (Å²) in [7, 11) is 0. The van der Waals surface area contributed by atoms with Crippen LogP contribution in [0.25, 0.3) is 10.2 Å². The number of furan rings is 1. The molecule has 0 unspecified atom stereocenters. The van der Waals surface area contributed by atoms with Gasteiger partial charge in [0.2, 0.25) is 11.8 Å². The maximum Gasteiger partial charge on any atom is 0.263 e. The van der Waals surface area contributed by atoms with E-state index in [1.807, 2.05) is 42.5 Å². The number of thioether (sulfide) groups is 1. The quantitative estimate of drug-likeness (QED) is 0.228. The minimum absolute atomic E-state index is 0.00130. The lowest BCUT2D eigenvalue weighted by Crippen LogP contribution is -2.24. The van der Waals surface area contributed by atoms with E-state index in [0.717, 1.165) is 40.8 Å². The number of benzene rings is 1. The van der Waals surface area contributed by atoms with E-state index in [1.165, 1.54) is 28.6 Å². The fraction of sp³-hybridized carbons (Fsp3) is 0.280. The van der Waals surface area contributed by atoms with Gasteiger partial charge in [0, 0.05) is 4.88 Å². The topological polar surface area (TPSA) is 87.0 Å². The van der Waals surface area contributed by atoms with Gasteiger partial charge in [0.05, 0.1) is 30.4 Å². The van der Waals surface area contributed by atoms with E-state index in [1.54, 1.807) is 22.2 Å². The zero-order valence-electron chi connectivity index (χ0n) is 18.4. The van der Waals surface area contributed by atoms with Crippen molar-refractivity contribution in [1.82, 2.24) is 19.7 Å². The summed E-state index contributed by atoms with van der Waals surface area (Å²) >= 11 is 3.10. The van der Waals surface area contributed by atoms with Crippen molar-refractivity contribution < 1.29 is 8.83 Å². The van der Waals surface area contributed by atoms with E-state index in [0.29, 0.717) is 35.7 Å². The smallest absolute Gasteiger partial charge is 0.263 e. The molecule has 0 amide bonds. The molecule has 4 aromatic heterocycles. The minimum Gasteiger partial charge on any atom is -0.467 e. The van der Waals surface area contributed by atoms with Crippen LogP contribution >= 0.6 is 23.1 Å². The van der Waals surface area contributed by atoms with Crippen LogP contribution < -0.4 is 5.56 Å². The first kappa shape index (κ1) is 21.4. The van der Waals surface area contributed by atoms with Gasteiger partial charge in [0.15, 0.2) is 5.16 Å². The molecular weight excluding hydrogens is 468 g/mol. The summed E-state index contributed by atoms with van der Waals surface area (Å²) < 4.78 is 13.1. The molecule has 0 radical (unpaired) electrons. The second-order valence-corrected chi connectivity index (χ2v) is 10.3. The third-order valence-corrected chi connectivity index (χ3v) is 8.11. The number of aromatic nitrogens is 4. The van der Waals surface area contributed by atoms with Crippen molar-refractivity contribution >= 4 is 33.3 Å². The first-order valence-electron chi connectivity index (χ1n) is 11.3. The lowest BCUT2D eigenvalue weighted by atomic mass is 9.97. The molecule has 0 bridgehead atoms. The molecular formula is C25H22N4O3S2. The Labute approximate surface area is 203 Å². The summed E-state index contributed by atoms with van der Waals surface area (Å²) in [4.78, 5) is 20.7. The Kier molecular flexibility index (Phi) is 5.80. The van der Waals surface area contributed by atoms with Gasteiger partial charge < -0.3 is 8.83 Å². The minimum atomic E-state index is -0.00130. The monoisotopic (exact) mass is 490 g/mol. The highest BCUT2D eigenvalue weighted by Gasteiger charge is 2.23. The van der Waals surface area contributed by atoms with E-state index in [4.69, 9.17) is 13.8 Å². The van der Waals surface area contributed by atoms with Crippen molar-refractivity contribution in [3.05, 3.63) is 92.6 Å². The van der Waals surface area contributed by atoms with E-state index in [2.05, 4.69) is 10.2 Å². The van der Waals surface area contributed by atoms with E-state index in [9.17, 15) is 4.79 Å². The van der Waals surface area contributed by atoms with Crippen molar-refractivity contribution in [2.75, 3.05) is 0 Å². The van der Waals surface area contributed by atoms with E-state index < -0.39 is 0 Å². The summed E-state index contributed by atoms with van der Waals surface area (Å²) in [5.74, 6) is 2.24. The highest BCUT2D eigenvalue weighted by Crippen LogP contribution is 2.35. The van der Waals surface area contributed by atoms with Gasteiger partial charge in [-0.15, -0.1) is 21.5 Å². The Bertz CT molecular complexity index is 1490. The molecule has 9 heteroatoms. The van der Waals surface area contributed by atoms with Crippen molar-refractivity contribution in [3.63, 3.8) is 0 Å². The van der Waals surface area contributed by atoms with Crippen LogP contribution in [0.15, 0.2) is 67.5 Å². The maximum absolute atomic E-state index is 13.7. The molecule has 172 valence electrons. The highest BCUT2D eigenvalue weighted by atomic mass is 32.2. The van der Waals surface area contributed by atoms with Crippen LogP contribution in [-0.2, 0) is 31.6 Å². The molecule has 0 saturated heterocycles. The fourth-order valence-corrected chi connectivity index (χ4v) is 6.48. The molecule has 7 nitrogen and oxygen atoms in total. The molecule has 5 aromatic rings. The molecule has 1 aromatic carbocycles. The van der Waals surface area contributed by atoms with Crippen LogP contribution in [0.3, 0.4) is 0 Å².